The second-order valence-corrected chi connectivity index (χ2v) is 6.31. The van der Waals surface area contributed by atoms with Crippen LogP contribution < -0.4 is 5.32 Å². The lowest BCUT2D eigenvalue weighted by Gasteiger charge is -2.32. The van der Waals surface area contributed by atoms with Crippen LogP contribution in [0.15, 0.2) is 6.33 Å². The lowest BCUT2D eigenvalue weighted by atomic mass is 9.78. The Hall–Kier alpha value is -0.900. The van der Waals surface area contributed by atoms with E-state index in [1.807, 2.05) is 0 Å². The van der Waals surface area contributed by atoms with Gasteiger partial charge in [-0.3, -0.25) is 4.68 Å². The number of nitrogens with one attached hydrogen (secondary N) is 1. The smallest absolute Gasteiger partial charge is 0.138 e. The van der Waals surface area contributed by atoms with E-state index < -0.39 is 0 Å². The largest absolute Gasteiger partial charge is 0.316 e. The van der Waals surface area contributed by atoms with Crippen molar-refractivity contribution in [2.24, 2.45) is 11.3 Å². The highest BCUT2D eigenvalue weighted by molar-refractivity contribution is 4.94. The molecule has 20 heavy (non-hydrogen) atoms. The van der Waals surface area contributed by atoms with E-state index in [1.165, 1.54) is 12.8 Å². The van der Waals surface area contributed by atoms with Crippen LogP contribution in [0.2, 0.25) is 0 Å². The zero-order valence-corrected chi connectivity index (χ0v) is 13.9. The molecule has 0 atom stereocenters. The van der Waals surface area contributed by atoms with Gasteiger partial charge in [-0.25, -0.2) is 4.98 Å². The Morgan fingerprint density at radius 2 is 1.95 bits per heavy atom. The lowest BCUT2D eigenvalue weighted by molar-refractivity contribution is 0.234. The topological polar surface area (TPSA) is 42.7 Å². The monoisotopic (exact) mass is 280 g/mol. The fraction of sp³-hybridized carbons (Fsp3) is 0.875. The van der Waals surface area contributed by atoms with Gasteiger partial charge in [-0.05, 0) is 37.1 Å². The van der Waals surface area contributed by atoms with Gasteiger partial charge >= 0.3 is 0 Å². The lowest BCUT2D eigenvalue weighted by Crippen LogP contribution is -2.37. The molecule has 1 rings (SSSR count). The maximum Gasteiger partial charge on any atom is 0.138 e. The van der Waals surface area contributed by atoms with Crippen molar-refractivity contribution in [1.29, 1.82) is 0 Å². The number of hydrogen-bond donors (Lipinski definition) is 1. The molecule has 0 unspecified atom stereocenters. The second kappa shape index (κ2) is 8.40. The van der Waals surface area contributed by atoms with Gasteiger partial charge in [0.1, 0.15) is 12.2 Å². The number of aryl methyl sites for hydroxylation is 1. The van der Waals surface area contributed by atoms with Crippen LogP contribution in [-0.2, 0) is 13.0 Å². The summed E-state index contributed by atoms with van der Waals surface area (Å²) < 4.78 is 2.07. The van der Waals surface area contributed by atoms with Gasteiger partial charge in [-0.15, -0.1) is 0 Å². The van der Waals surface area contributed by atoms with Crippen LogP contribution in [0.1, 0.15) is 59.7 Å². The van der Waals surface area contributed by atoms with Crippen molar-refractivity contribution in [2.45, 2.75) is 66.8 Å². The van der Waals surface area contributed by atoms with Crippen molar-refractivity contribution >= 4 is 0 Å². The maximum absolute atomic E-state index is 4.48. The zero-order valence-electron chi connectivity index (χ0n) is 13.9. The van der Waals surface area contributed by atoms with Gasteiger partial charge < -0.3 is 5.32 Å². The third-order valence-corrected chi connectivity index (χ3v) is 4.22. The van der Waals surface area contributed by atoms with Crippen LogP contribution in [0.5, 0.6) is 0 Å². The highest BCUT2D eigenvalue weighted by atomic mass is 15.3. The molecule has 1 aromatic heterocycles. The quantitative estimate of drug-likeness (QED) is 0.715. The molecule has 0 amide bonds. The van der Waals surface area contributed by atoms with Crippen molar-refractivity contribution in [3.63, 3.8) is 0 Å². The van der Waals surface area contributed by atoms with Gasteiger partial charge in [0, 0.05) is 19.5 Å². The maximum atomic E-state index is 4.48. The summed E-state index contributed by atoms with van der Waals surface area (Å²) in [6.45, 7) is 14.4. The molecule has 1 heterocycles. The molecular weight excluding hydrogens is 248 g/mol. The summed E-state index contributed by atoms with van der Waals surface area (Å²) in [4.78, 5) is 4.48. The van der Waals surface area contributed by atoms with E-state index >= 15 is 0 Å². The van der Waals surface area contributed by atoms with Gasteiger partial charge in [0.05, 0.1) is 0 Å². The minimum absolute atomic E-state index is 0.299. The summed E-state index contributed by atoms with van der Waals surface area (Å²) in [6.07, 6.45) is 6.17. The van der Waals surface area contributed by atoms with E-state index in [9.17, 15) is 0 Å². The molecule has 0 spiro atoms. The van der Waals surface area contributed by atoms with Gasteiger partial charge in [0.25, 0.3) is 0 Å². The second-order valence-electron chi connectivity index (χ2n) is 6.31. The highest BCUT2D eigenvalue weighted by Crippen LogP contribution is 2.29. The SMILES string of the molecule is CCCn1ncnc1CC(CC)(CC)CNCC(C)C. The Morgan fingerprint density at radius 1 is 1.25 bits per heavy atom. The molecule has 116 valence electrons. The molecule has 4 nitrogen and oxygen atoms in total. The molecule has 1 N–H and O–H groups in total. The van der Waals surface area contributed by atoms with Gasteiger partial charge in [0.2, 0.25) is 0 Å². The summed E-state index contributed by atoms with van der Waals surface area (Å²) in [7, 11) is 0. The van der Waals surface area contributed by atoms with Crippen LogP contribution in [-0.4, -0.2) is 27.9 Å². The molecule has 0 aromatic carbocycles. The van der Waals surface area contributed by atoms with E-state index in [2.05, 4.69) is 54.7 Å². The van der Waals surface area contributed by atoms with Gasteiger partial charge in [-0.1, -0.05) is 34.6 Å². The first-order valence-corrected chi connectivity index (χ1v) is 8.14. The number of rotatable bonds is 10. The average molecular weight is 280 g/mol. The Labute approximate surface area is 124 Å². The normalized spacial score (nSPS) is 12.3. The van der Waals surface area contributed by atoms with Crippen molar-refractivity contribution in [3.8, 4) is 0 Å². The van der Waals surface area contributed by atoms with Crippen LogP contribution in [0, 0.1) is 11.3 Å². The van der Waals surface area contributed by atoms with Gasteiger partial charge in [-0.2, -0.15) is 5.10 Å². The number of aromatic nitrogens is 3. The first kappa shape index (κ1) is 17.2. The first-order valence-electron chi connectivity index (χ1n) is 8.14. The third kappa shape index (κ3) is 4.89. The van der Waals surface area contributed by atoms with Crippen molar-refractivity contribution < 1.29 is 0 Å². The molecule has 0 saturated heterocycles. The van der Waals surface area contributed by atoms with E-state index in [0.717, 1.165) is 38.3 Å². The molecule has 0 aliphatic rings. The molecule has 0 aliphatic carbocycles. The predicted octanol–water partition coefficient (Wildman–Crippen LogP) is 3.28. The Kier molecular flexibility index (Phi) is 7.20. The third-order valence-electron chi connectivity index (χ3n) is 4.22. The van der Waals surface area contributed by atoms with Crippen molar-refractivity contribution in [1.82, 2.24) is 20.1 Å². The minimum atomic E-state index is 0.299. The average Bonchev–Trinajstić information content (AvgIpc) is 2.85. The fourth-order valence-electron chi connectivity index (χ4n) is 2.60. The fourth-order valence-corrected chi connectivity index (χ4v) is 2.60. The van der Waals surface area contributed by atoms with Crippen molar-refractivity contribution in [3.05, 3.63) is 12.2 Å². The molecule has 0 saturated carbocycles. The summed E-state index contributed by atoms with van der Waals surface area (Å²) in [5, 5.41) is 7.99. The number of nitrogens with zero attached hydrogens (tertiary/aromatic N) is 3. The zero-order chi connectivity index (χ0) is 15.0. The summed E-state index contributed by atoms with van der Waals surface area (Å²) >= 11 is 0. The molecule has 1 aromatic rings. The predicted molar refractivity (Wildman–Crippen MR) is 84.7 cm³/mol. The van der Waals surface area contributed by atoms with E-state index in [0.29, 0.717) is 11.3 Å². The van der Waals surface area contributed by atoms with Crippen molar-refractivity contribution in [2.75, 3.05) is 13.1 Å². The summed E-state index contributed by atoms with van der Waals surface area (Å²) in [5.41, 5.74) is 0.299. The Balaban J connectivity index is 2.71. The van der Waals surface area contributed by atoms with Gasteiger partial charge in [0.15, 0.2) is 0 Å². The standard InChI is InChI=1S/C16H32N4/c1-6-9-20-15(18-13-19-20)10-16(7-2,8-3)12-17-11-14(4)5/h13-14,17H,6-12H2,1-5H3. The Morgan fingerprint density at radius 3 is 2.50 bits per heavy atom. The summed E-state index contributed by atoms with van der Waals surface area (Å²) in [5.74, 6) is 1.84. The Bertz CT molecular complexity index is 366. The molecule has 4 heteroatoms. The van der Waals surface area contributed by atoms with E-state index in [1.54, 1.807) is 6.33 Å². The molecule has 0 fully saturated rings. The van der Waals surface area contributed by atoms with E-state index in [-0.39, 0.29) is 0 Å². The van der Waals surface area contributed by atoms with E-state index in [4.69, 9.17) is 0 Å². The first-order chi connectivity index (χ1) is 9.56. The number of hydrogen-bond acceptors (Lipinski definition) is 3. The van der Waals surface area contributed by atoms with Crippen LogP contribution >= 0.6 is 0 Å². The van der Waals surface area contributed by atoms with Crippen LogP contribution in [0.3, 0.4) is 0 Å². The highest BCUT2D eigenvalue weighted by Gasteiger charge is 2.28. The summed E-state index contributed by atoms with van der Waals surface area (Å²) in [6, 6.07) is 0. The molecule has 0 radical (unpaired) electrons. The van der Waals surface area contributed by atoms with Crippen LogP contribution in [0.25, 0.3) is 0 Å². The molecule has 0 bridgehead atoms. The van der Waals surface area contributed by atoms with Crippen LogP contribution in [0.4, 0.5) is 0 Å². The molecular formula is C16H32N4. The minimum Gasteiger partial charge on any atom is -0.316 e. The molecule has 0 aliphatic heterocycles.